The van der Waals surface area contributed by atoms with Crippen molar-refractivity contribution in [3.05, 3.63) is 51.5 Å². The van der Waals surface area contributed by atoms with Gasteiger partial charge >= 0.3 is 30.9 Å². The van der Waals surface area contributed by atoms with Crippen LogP contribution < -0.4 is 30.6 Å². The van der Waals surface area contributed by atoms with Gasteiger partial charge in [0.1, 0.15) is 28.8 Å². The molecule has 0 aromatic heterocycles. The van der Waals surface area contributed by atoms with E-state index in [0.717, 1.165) is 18.6 Å². The minimum atomic E-state index is -1.86. The molecule has 0 spiro atoms. The topological polar surface area (TPSA) is 197 Å². The molecule has 5 fully saturated rings. The Bertz CT molecular complexity index is 2130. The van der Waals surface area contributed by atoms with Crippen molar-refractivity contribution < 1.29 is 61.0 Å². The Kier molecular flexibility index (Phi) is 14.9. The first-order chi connectivity index (χ1) is 29.1. The fourth-order valence-electron chi connectivity index (χ4n) is 9.34. The minimum Gasteiger partial charge on any atom is -0.495 e. The van der Waals surface area contributed by atoms with Gasteiger partial charge in [0.15, 0.2) is 17.3 Å². The monoisotopic (exact) mass is 925 g/mol. The Morgan fingerprint density at radius 3 is 2.25 bits per heavy atom. The Hall–Kier alpha value is -4.43. The number of piperazine rings is 1. The average Bonchev–Trinajstić information content (AvgIpc) is 3.57. The van der Waals surface area contributed by atoms with Crippen LogP contribution in [0.2, 0.25) is 5.02 Å². The van der Waals surface area contributed by atoms with Crippen LogP contribution in [0.4, 0.5) is 13.6 Å². The summed E-state index contributed by atoms with van der Waals surface area (Å²) in [5, 5.41) is 5.07. The lowest BCUT2D eigenvalue weighted by atomic mass is 9.43. The summed E-state index contributed by atoms with van der Waals surface area (Å²) in [7, 11) is 2.49. The van der Waals surface area contributed by atoms with Gasteiger partial charge in [-0.05, 0) is 94.9 Å². The van der Waals surface area contributed by atoms with Crippen LogP contribution in [0.5, 0.6) is 17.2 Å². The zero-order valence-electron chi connectivity index (χ0n) is 36.9. The second-order valence-corrected chi connectivity index (χ2v) is 18.3. The number of carbonyl (C=O) groups excluding carboxylic acids is 5. The SMILES string of the molecule is COc1c(F)cc(C(NC(=O)N2CCN(CCCN)C(=O)C2=O)C(=O)NC(Cc2ccc(F)c(C(=O)OC(C)(C)C)c2OC)B2O[C@@H]3C[C@@H]4C[C@@H](C4(C)C)[C@]3(C)O2)c(Cl)c1OC.Cl. The van der Waals surface area contributed by atoms with E-state index in [1.54, 1.807) is 20.8 Å². The maximum absolute atomic E-state index is 15.7. The molecule has 21 heteroatoms. The van der Waals surface area contributed by atoms with E-state index >= 15 is 8.78 Å². The smallest absolute Gasteiger partial charge is 0.482 e. The number of hydrogen-bond donors (Lipinski definition) is 3. The molecule has 2 bridgehead atoms. The number of methoxy groups -OCH3 is 3. The van der Waals surface area contributed by atoms with Crippen molar-refractivity contribution in [2.45, 2.75) is 96.5 Å². The number of imide groups is 1. The van der Waals surface area contributed by atoms with Crippen LogP contribution in [0.15, 0.2) is 18.2 Å². The minimum absolute atomic E-state index is 0. The number of amides is 5. The molecule has 6 atom stereocenters. The van der Waals surface area contributed by atoms with E-state index in [1.807, 2.05) is 6.92 Å². The third-order valence-corrected chi connectivity index (χ3v) is 13.0. The molecule has 2 aromatic rings. The molecule has 2 aliphatic heterocycles. The van der Waals surface area contributed by atoms with Gasteiger partial charge in [-0.2, -0.15) is 0 Å². The van der Waals surface area contributed by atoms with Crippen molar-refractivity contribution in [1.82, 2.24) is 20.4 Å². The normalized spacial score (nSPS) is 23.4. The molecule has 2 unspecified atom stereocenters. The Balaban J connectivity index is 0.00000748. The van der Waals surface area contributed by atoms with Crippen molar-refractivity contribution >= 4 is 60.8 Å². The van der Waals surface area contributed by atoms with Crippen molar-refractivity contribution in [3.63, 3.8) is 0 Å². The molecule has 16 nitrogen and oxygen atoms in total. The van der Waals surface area contributed by atoms with Crippen molar-refractivity contribution in [2.75, 3.05) is 47.5 Å². The van der Waals surface area contributed by atoms with Crippen molar-refractivity contribution in [2.24, 2.45) is 23.0 Å². The van der Waals surface area contributed by atoms with E-state index in [-0.39, 0.29) is 95.8 Å². The molecule has 3 aliphatic carbocycles. The number of rotatable bonds is 14. The number of halogens is 4. The number of nitrogens with two attached hydrogens (primary N) is 1. The van der Waals surface area contributed by atoms with Crippen LogP contribution in [0.3, 0.4) is 0 Å². The number of nitrogens with one attached hydrogen (secondary N) is 2. The van der Waals surface area contributed by atoms with E-state index in [2.05, 4.69) is 24.5 Å². The number of esters is 1. The van der Waals surface area contributed by atoms with Crippen LogP contribution in [0.25, 0.3) is 0 Å². The number of urea groups is 1. The van der Waals surface area contributed by atoms with Gasteiger partial charge in [-0.1, -0.05) is 31.5 Å². The van der Waals surface area contributed by atoms with Gasteiger partial charge in [-0.3, -0.25) is 19.3 Å². The molecular weight excluding hydrogens is 870 g/mol. The molecule has 2 aromatic carbocycles. The van der Waals surface area contributed by atoms with Gasteiger partial charge in [-0.25, -0.2) is 18.4 Å². The van der Waals surface area contributed by atoms with Gasteiger partial charge < -0.3 is 49.5 Å². The highest BCUT2D eigenvalue weighted by molar-refractivity contribution is 6.48. The fourth-order valence-corrected chi connectivity index (χ4v) is 9.67. The first-order valence-electron chi connectivity index (χ1n) is 20.5. The Labute approximate surface area is 377 Å². The van der Waals surface area contributed by atoms with Gasteiger partial charge in [0, 0.05) is 25.2 Å². The lowest BCUT2D eigenvalue weighted by Gasteiger charge is -2.64. The highest BCUT2D eigenvalue weighted by atomic mass is 35.5. The number of carbonyl (C=O) groups is 5. The molecule has 2 saturated heterocycles. The second-order valence-electron chi connectivity index (χ2n) is 17.9. The van der Waals surface area contributed by atoms with E-state index in [4.69, 9.17) is 45.6 Å². The van der Waals surface area contributed by atoms with Crippen LogP contribution >= 0.6 is 24.0 Å². The first-order valence-corrected chi connectivity index (χ1v) is 20.9. The summed E-state index contributed by atoms with van der Waals surface area (Å²) in [4.78, 5) is 70.5. The van der Waals surface area contributed by atoms with Crippen LogP contribution in [0.1, 0.15) is 88.3 Å². The first kappa shape index (κ1) is 49.6. The summed E-state index contributed by atoms with van der Waals surface area (Å²) in [6.07, 6.45) is 1.47. The number of nitrogens with zero attached hydrogens (tertiary/aromatic N) is 2. The molecule has 346 valence electrons. The summed E-state index contributed by atoms with van der Waals surface area (Å²) < 4.78 is 66.3. The fraction of sp³-hybridized carbons (Fsp3) is 0.595. The third-order valence-electron chi connectivity index (χ3n) is 12.7. The summed E-state index contributed by atoms with van der Waals surface area (Å²) in [5.74, 6) is -7.48. The predicted molar refractivity (Wildman–Crippen MR) is 229 cm³/mol. The van der Waals surface area contributed by atoms with Crippen LogP contribution in [-0.2, 0) is 34.9 Å². The van der Waals surface area contributed by atoms with Crippen molar-refractivity contribution in [3.8, 4) is 17.2 Å². The lowest BCUT2D eigenvalue weighted by Crippen LogP contribution is -2.65. The predicted octanol–water partition coefficient (Wildman–Crippen LogP) is 4.79. The number of benzene rings is 2. The second kappa shape index (κ2) is 19.0. The summed E-state index contributed by atoms with van der Waals surface area (Å²) in [6, 6.07) is 0.337. The molecule has 4 N–H and O–H groups in total. The highest BCUT2D eigenvalue weighted by Gasteiger charge is 2.68. The van der Waals surface area contributed by atoms with Gasteiger partial charge in [0.25, 0.3) is 0 Å². The standard InChI is InChI=1S/C42H55BClF2N5O11.ClH/c1-40(2,3)60-38(55)29-24(45)12-11-21(32(29)57-7)17-28(43-61-27-19-22-18-26(41(22,4)5)42(27,6)62-43)48-35(52)31(23-20-25(46)33(58-8)34(59-9)30(23)44)49-39(56)51-16-15-50(14-10-13-47)36(53)37(51)54;/h11-12,20,22,26-28,31H,10,13-19,47H2,1-9H3,(H,48,52)(H,49,56);1H/t22-,26-,27+,28?,31?,42-;/m0./s1. The number of ether oxygens (including phenoxy) is 4. The Morgan fingerprint density at radius 2 is 1.65 bits per heavy atom. The van der Waals surface area contributed by atoms with E-state index in [1.165, 1.54) is 32.3 Å². The van der Waals surface area contributed by atoms with Crippen molar-refractivity contribution in [1.29, 1.82) is 0 Å². The van der Waals surface area contributed by atoms with Gasteiger partial charge in [-0.15, -0.1) is 12.4 Å². The van der Waals surface area contributed by atoms with E-state index in [0.29, 0.717) is 23.7 Å². The molecule has 5 aliphatic rings. The molecule has 7 rings (SSSR count). The molecular formula is C42H56BCl2F2N5O11. The summed E-state index contributed by atoms with van der Waals surface area (Å²) in [5.41, 5.74) is 3.27. The zero-order valence-corrected chi connectivity index (χ0v) is 38.4. The van der Waals surface area contributed by atoms with E-state index in [9.17, 15) is 24.0 Å². The summed E-state index contributed by atoms with van der Waals surface area (Å²) in [6.45, 7) is 11.5. The molecule has 3 saturated carbocycles. The lowest BCUT2D eigenvalue weighted by molar-refractivity contribution is -0.199. The Morgan fingerprint density at radius 1 is 0.984 bits per heavy atom. The average molecular weight is 927 g/mol. The maximum atomic E-state index is 15.7. The molecule has 0 radical (unpaired) electrons. The van der Waals surface area contributed by atoms with Gasteiger partial charge in [0.05, 0.1) is 44.0 Å². The molecule has 5 amide bonds. The molecule has 63 heavy (non-hydrogen) atoms. The van der Waals surface area contributed by atoms with Gasteiger partial charge in [0.2, 0.25) is 5.91 Å². The largest absolute Gasteiger partial charge is 0.495 e. The quantitative estimate of drug-likeness (QED) is 0.133. The van der Waals surface area contributed by atoms with E-state index < -0.39 is 77.2 Å². The maximum Gasteiger partial charge on any atom is 0.482 e. The number of hydrogen-bond acceptors (Lipinski definition) is 12. The zero-order chi connectivity index (χ0) is 45.6. The highest BCUT2D eigenvalue weighted by Crippen LogP contribution is 2.65. The summed E-state index contributed by atoms with van der Waals surface area (Å²) >= 11 is 6.78. The van der Waals surface area contributed by atoms with Crippen LogP contribution in [0, 0.1) is 28.9 Å². The third kappa shape index (κ3) is 9.40. The van der Waals surface area contributed by atoms with Crippen LogP contribution in [-0.4, -0.2) is 117 Å². The molecule has 2 heterocycles.